The first-order valence-corrected chi connectivity index (χ1v) is 10.0. The maximum Gasteiger partial charge on any atom is 0.253 e. The maximum absolute atomic E-state index is 12.7. The van der Waals surface area contributed by atoms with Gasteiger partial charge < -0.3 is 9.64 Å². The van der Waals surface area contributed by atoms with Gasteiger partial charge in [0.1, 0.15) is 11.4 Å². The summed E-state index contributed by atoms with van der Waals surface area (Å²) < 4.78 is 7.30. The number of carbonyl (C=O) groups is 2. The third-order valence-electron chi connectivity index (χ3n) is 5.76. The normalized spacial score (nSPS) is 18.2. The number of ketones is 1. The molecule has 4 rings (SSSR count). The van der Waals surface area contributed by atoms with E-state index in [1.807, 2.05) is 55.1 Å². The average Bonchev–Trinajstić information content (AvgIpc) is 2.64. The van der Waals surface area contributed by atoms with E-state index in [4.69, 9.17) is 4.74 Å². The fourth-order valence-corrected chi connectivity index (χ4v) is 4.18. The fraction of sp³-hybridized carbons (Fsp3) is 0.364. The lowest BCUT2D eigenvalue weighted by Gasteiger charge is -2.44. The van der Waals surface area contributed by atoms with E-state index in [9.17, 15) is 9.59 Å². The lowest BCUT2D eigenvalue weighted by atomic mass is 9.81. The molecule has 0 atom stereocenters. The van der Waals surface area contributed by atoms with Crippen LogP contribution < -0.4 is 4.74 Å². The van der Waals surface area contributed by atoms with Crippen molar-refractivity contribution in [2.45, 2.75) is 38.7 Å². The molecular weight excluding hydrogens is 406 g/mol. The molecule has 1 spiro atoms. The molecule has 0 aliphatic carbocycles. The summed E-state index contributed by atoms with van der Waals surface area (Å²) in [5.74, 6) is 0.875. The van der Waals surface area contributed by atoms with Gasteiger partial charge in [0.25, 0.3) is 5.91 Å². The number of amides is 1. The minimum Gasteiger partial charge on any atom is -0.486 e. The van der Waals surface area contributed by atoms with Crippen LogP contribution in [0.2, 0.25) is 0 Å². The summed E-state index contributed by atoms with van der Waals surface area (Å²) in [4.78, 5) is 27.3. The van der Waals surface area contributed by atoms with Crippen LogP contribution in [0, 0.1) is 13.8 Å². The number of halogens is 1. The zero-order chi connectivity index (χ0) is 19.2. The zero-order valence-corrected chi connectivity index (χ0v) is 17.1. The van der Waals surface area contributed by atoms with Crippen LogP contribution in [0.5, 0.6) is 5.75 Å². The molecule has 0 saturated carbocycles. The van der Waals surface area contributed by atoms with Crippen molar-refractivity contribution in [3.63, 3.8) is 0 Å². The molecule has 0 bridgehead atoms. The molecule has 2 aromatic carbocycles. The van der Waals surface area contributed by atoms with Gasteiger partial charge in [-0.3, -0.25) is 9.59 Å². The van der Waals surface area contributed by atoms with Crippen LogP contribution in [-0.4, -0.2) is 35.3 Å². The molecule has 0 aromatic heterocycles. The summed E-state index contributed by atoms with van der Waals surface area (Å²) in [5, 5.41) is 0. The van der Waals surface area contributed by atoms with Gasteiger partial charge in [-0.25, -0.2) is 0 Å². The quantitative estimate of drug-likeness (QED) is 0.661. The Morgan fingerprint density at radius 2 is 1.70 bits per heavy atom. The first-order valence-electron chi connectivity index (χ1n) is 9.25. The number of carbonyl (C=O) groups excluding carboxylic acids is 2. The summed E-state index contributed by atoms with van der Waals surface area (Å²) in [7, 11) is 0. The van der Waals surface area contributed by atoms with E-state index in [1.165, 1.54) is 0 Å². The summed E-state index contributed by atoms with van der Waals surface area (Å²) in [6.07, 6.45) is 1.74. The molecule has 0 radical (unpaired) electrons. The number of benzene rings is 2. The van der Waals surface area contributed by atoms with Crippen LogP contribution in [0.25, 0.3) is 0 Å². The van der Waals surface area contributed by atoms with Gasteiger partial charge in [0.2, 0.25) is 0 Å². The number of piperidine rings is 1. The largest absolute Gasteiger partial charge is 0.486 e. The number of hydrogen-bond acceptors (Lipinski definition) is 3. The summed E-state index contributed by atoms with van der Waals surface area (Å²) in [5.41, 5.74) is 3.13. The van der Waals surface area contributed by atoms with Gasteiger partial charge >= 0.3 is 0 Å². The number of aryl methyl sites for hydroxylation is 2. The van der Waals surface area contributed by atoms with Gasteiger partial charge in [-0.2, -0.15) is 0 Å². The third-order valence-corrected chi connectivity index (χ3v) is 6.29. The van der Waals surface area contributed by atoms with Crippen molar-refractivity contribution in [2.75, 3.05) is 13.1 Å². The predicted molar refractivity (Wildman–Crippen MR) is 108 cm³/mol. The number of hydrogen-bond donors (Lipinski definition) is 0. The number of Topliss-reactive ketones (excluding diaryl/α,β-unsaturated/α-hetero) is 1. The molecule has 1 amide bonds. The second-order valence-electron chi connectivity index (χ2n) is 7.62. The second kappa shape index (κ2) is 6.79. The molecule has 140 valence electrons. The van der Waals surface area contributed by atoms with E-state index in [-0.39, 0.29) is 11.7 Å². The van der Waals surface area contributed by atoms with Crippen LogP contribution in [0.3, 0.4) is 0 Å². The number of rotatable bonds is 1. The van der Waals surface area contributed by atoms with Crippen LogP contribution in [0.1, 0.15) is 51.1 Å². The molecule has 2 aromatic rings. The van der Waals surface area contributed by atoms with E-state index >= 15 is 0 Å². The smallest absolute Gasteiger partial charge is 0.253 e. The molecule has 27 heavy (non-hydrogen) atoms. The second-order valence-corrected chi connectivity index (χ2v) is 8.53. The standard InChI is InChI=1S/C22H22BrNO3/c1-14-11-18-19(25)13-22(27-20(18)12-15(14)2)7-9-24(10-8-22)21(26)16-3-5-17(23)6-4-16/h3-6,11-12H,7-10,13H2,1-2H3. The maximum atomic E-state index is 12.7. The fourth-order valence-electron chi connectivity index (χ4n) is 3.92. The number of ether oxygens (including phenoxy) is 1. The molecule has 4 nitrogen and oxygen atoms in total. The topological polar surface area (TPSA) is 46.6 Å². The Labute approximate surface area is 167 Å². The van der Waals surface area contributed by atoms with Crippen LogP contribution in [0.15, 0.2) is 40.9 Å². The number of nitrogens with zero attached hydrogens (tertiary/aromatic N) is 1. The molecule has 0 N–H and O–H groups in total. The molecular formula is C22H22BrNO3. The van der Waals surface area contributed by atoms with Crippen molar-refractivity contribution in [1.29, 1.82) is 0 Å². The van der Waals surface area contributed by atoms with Crippen LogP contribution in [-0.2, 0) is 0 Å². The Morgan fingerprint density at radius 1 is 1.07 bits per heavy atom. The summed E-state index contributed by atoms with van der Waals surface area (Å²) in [6, 6.07) is 11.3. The molecule has 1 saturated heterocycles. The van der Waals surface area contributed by atoms with Crippen molar-refractivity contribution in [3.8, 4) is 5.75 Å². The lowest BCUT2D eigenvalue weighted by molar-refractivity contribution is -0.00575. The van der Waals surface area contributed by atoms with Gasteiger partial charge in [-0.05, 0) is 61.4 Å². The van der Waals surface area contributed by atoms with E-state index in [0.29, 0.717) is 49.2 Å². The summed E-state index contributed by atoms with van der Waals surface area (Å²) >= 11 is 3.39. The Hall–Kier alpha value is -2.14. The van der Waals surface area contributed by atoms with Gasteiger partial charge in [-0.1, -0.05) is 15.9 Å². The average molecular weight is 428 g/mol. The van der Waals surface area contributed by atoms with Gasteiger partial charge in [0.15, 0.2) is 5.78 Å². The lowest BCUT2D eigenvalue weighted by Crippen LogP contribution is -2.52. The Morgan fingerprint density at radius 3 is 2.37 bits per heavy atom. The third kappa shape index (κ3) is 3.41. The highest BCUT2D eigenvalue weighted by Crippen LogP contribution is 2.40. The Bertz CT molecular complexity index is 912. The first kappa shape index (κ1) is 18.2. The molecule has 2 aliphatic rings. The van der Waals surface area contributed by atoms with Crippen LogP contribution in [0.4, 0.5) is 0 Å². The van der Waals surface area contributed by atoms with Gasteiger partial charge in [0, 0.05) is 36.0 Å². The van der Waals surface area contributed by atoms with Gasteiger partial charge in [-0.15, -0.1) is 0 Å². The highest BCUT2D eigenvalue weighted by atomic mass is 79.9. The highest BCUT2D eigenvalue weighted by Gasteiger charge is 2.43. The molecule has 2 heterocycles. The SMILES string of the molecule is Cc1cc2c(cc1C)C(=O)CC1(CCN(C(=O)c3ccc(Br)cc3)CC1)O2. The van der Waals surface area contributed by atoms with Crippen molar-refractivity contribution in [2.24, 2.45) is 0 Å². The first-order chi connectivity index (χ1) is 12.9. The van der Waals surface area contributed by atoms with E-state index in [1.54, 1.807) is 0 Å². The van der Waals surface area contributed by atoms with E-state index in [0.717, 1.165) is 15.6 Å². The van der Waals surface area contributed by atoms with E-state index < -0.39 is 5.60 Å². The van der Waals surface area contributed by atoms with Crippen molar-refractivity contribution in [1.82, 2.24) is 4.90 Å². The Kier molecular flexibility index (Phi) is 4.58. The predicted octanol–water partition coefficient (Wildman–Crippen LogP) is 4.71. The monoisotopic (exact) mass is 427 g/mol. The van der Waals surface area contributed by atoms with Crippen molar-refractivity contribution >= 4 is 27.6 Å². The summed E-state index contributed by atoms with van der Waals surface area (Å²) in [6.45, 7) is 5.24. The number of fused-ring (bicyclic) bond motifs is 1. The van der Waals surface area contributed by atoms with Crippen LogP contribution >= 0.6 is 15.9 Å². The molecule has 1 fully saturated rings. The minimum atomic E-state index is -0.484. The minimum absolute atomic E-state index is 0.0337. The Balaban J connectivity index is 1.50. The zero-order valence-electron chi connectivity index (χ0n) is 15.5. The molecule has 0 unspecified atom stereocenters. The van der Waals surface area contributed by atoms with E-state index in [2.05, 4.69) is 15.9 Å². The van der Waals surface area contributed by atoms with Crippen molar-refractivity contribution in [3.05, 3.63) is 63.1 Å². The molecule has 5 heteroatoms. The number of likely N-dealkylation sites (tertiary alicyclic amines) is 1. The van der Waals surface area contributed by atoms with Gasteiger partial charge in [0.05, 0.1) is 12.0 Å². The molecule has 2 aliphatic heterocycles. The highest BCUT2D eigenvalue weighted by molar-refractivity contribution is 9.10. The van der Waals surface area contributed by atoms with Crippen molar-refractivity contribution < 1.29 is 14.3 Å².